The molecule has 0 aromatic carbocycles. The van der Waals surface area contributed by atoms with Gasteiger partial charge in [-0.3, -0.25) is 0 Å². The molecule has 14 atom stereocenters. The van der Waals surface area contributed by atoms with E-state index in [1.165, 1.54) is 11.1 Å². The summed E-state index contributed by atoms with van der Waals surface area (Å²) in [5.74, 6) is 1.48. The number of aliphatic hydroxyl groups excluding tert-OH is 5. The summed E-state index contributed by atoms with van der Waals surface area (Å²) >= 11 is 0. The van der Waals surface area contributed by atoms with Crippen LogP contribution in [0.1, 0.15) is 107 Å². The maximum Gasteiger partial charge on any atom is 0.186 e. The van der Waals surface area contributed by atoms with Crippen molar-refractivity contribution in [3.63, 3.8) is 0 Å². The summed E-state index contributed by atoms with van der Waals surface area (Å²) in [4.78, 5) is 0. The third-order valence-electron chi connectivity index (χ3n) is 14.0. The van der Waals surface area contributed by atoms with Crippen molar-refractivity contribution in [2.24, 2.45) is 45.3 Å². The van der Waals surface area contributed by atoms with Crippen LogP contribution in [0, 0.1) is 45.3 Å². The quantitative estimate of drug-likeness (QED) is 0.211. The molecule has 4 saturated carbocycles. The third kappa shape index (κ3) is 5.21. The molecule has 1 saturated heterocycles. The molecule has 4 aliphatic carbocycles. The second-order valence-electron chi connectivity index (χ2n) is 16.6. The van der Waals surface area contributed by atoms with Gasteiger partial charge in [-0.2, -0.15) is 0 Å². The SMILES string of the molecule is CC(C)=CC/C=C(/C)[C@H]1CC[C@]2(C)[C@@H]1[C@H](O)C[C@@H]1[C@@]3(C)CC[C@H](O[C@H]4O[C@H](CO)[C@@H](O)[C@H](O)[C@H]4O)C(C)(C)[C@@H]3CC[C@]12C. The van der Waals surface area contributed by atoms with Crippen molar-refractivity contribution in [3.05, 3.63) is 23.3 Å². The topological polar surface area (TPSA) is 120 Å². The Morgan fingerprint density at radius 1 is 0.814 bits per heavy atom. The average molecular weight is 605 g/mol. The summed E-state index contributed by atoms with van der Waals surface area (Å²) in [5.41, 5.74) is 2.80. The highest BCUT2D eigenvalue weighted by Gasteiger charge is 2.70. The molecule has 1 heterocycles. The number of hydrogen-bond donors (Lipinski definition) is 5. The highest BCUT2D eigenvalue weighted by atomic mass is 16.7. The molecule has 7 nitrogen and oxygen atoms in total. The largest absolute Gasteiger partial charge is 0.394 e. The molecule has 5 aliphatic rings. The maximum atomic E-state index is 12.0. The Labute approximate surface area is 259 Å². The zero-order valence-electron chi connectivity index (χ0n) is 27.9. The normalized spacial score (nSPS) is 51.3. The molecule has 5 fully saturated rings. The van der Waals surface area contributed by atoms with Gasteiger partial charge in [-0.1, -0.05) is 57.9 Å². The fourth-order valence-corrected chi connectivity index (χ4v) is 11.5. The summed E-state index contributed by atoms with van der Waals surface area (Å²) in [6.07, 6.45) is 5.90. The van der Waals surface area contributed by atoms with Crippen LogP contribution in [0.4, 0.5) is 0 Å². The summed E-state index contributed by atoms with van der Waals surface area (Å²) in [6, 6.07) is 0. The van der Waals surface area contributed by atoms with Crippen LogP contribution in [-0.2, 0) is 9.47 Å². The minimum absolute atomic E-state index is 0.0348. The van der Waals surface area contributed by atoms with Crippen LogP contribution >= 0.6 is 0 Å². The van der Waals surface area contributed by atoms with Gasteiger partial charge in [-0.15, -0.1) is 0 Å². The Morgan fingerprint density at radius 2 is 1.49 bits per heavy atom. The van der Waals surface area contributed by atoms with Crippen LogP contribution in [0.3, 0.4) is 0 Å². The van der Waals surface area contributed by atoms with Gasteiger partial charge >= 0.3 is 0 Å². The fraction of sp³-hybridized carbons (Fsp3) is 0.889. The molecular formula is C36H60O7. The summed E-state index contributed by atoms with van der Waals surface area (Å²) in [5, 5.41) is 52.9. The molecule has 246 valence electrons. The molecule has 0 spiro atoms. The first-order valence-electron chi connectivity index (χ1n) is 17.0. The van der Waals surface area contributed by atoms with Crippen LogP contribution in [-0.4, -0.2) is 75.1 Å². The van der Waals surface area contributed by atoms with E-state index >= 15 is 0 Å². The van der Waals surface area contributed by atoms with Gasteiger partial charge in [0.05, 0.1) is 18.8 Å². The van der Waals surface area contributed by atoms with E-state index in [9.17, 15) is 25.5 Å². The van der Waals surface area contributed by atoms with Crippen molar-refractivity contribution < 1.29 is 35.0 Å². The fourth-order valence-electron chi connectivity index (χ4n) is 11.5. The first kappa shape index (κ1) is 33.6. The molecular weight excluding hydrogens is 544 g/mol. The molecule has 5 rings (SSSR count). The third-order valence-corrected chi connectivity index (χ3v) is 14.0. The van der Waals surface area contributed by atoms with E-state index < -0.39 is 37.3 Å². The minimum Gasteiger partial charge on any atom is -0.394 e. The van der Waals surface area contributed by atoms with Gasteiger partial charge in [-0.25, -0.2) is 0 Å². The number of allylic oxidation sites excluding steroid dienone is 4. The molecule has 5 N–H and O–H groups in total. The first-order chi connectivity index (χ1) is 20.0. The highest BCUT2D eigenvalue weighted by molar-refractivity contribution is 5.23. The van der Waals surface area contributed by atoms with Gasteiger partial charge in [0.15, 0.2) is 6.29 Å². The molecule has 43 heavy (non-hydrogen) atoms. The first-order valence-corrected chi connectivity index (χ1v) is 17.0. The molecule has 0 amide bonds. The monoisotopic (exact) mass is 604 g/mol. The molecule has 0 radical (unpaired) electrons. The van der Waals surface area contributed by atoms with Crippen LogP contribution in [0.15, 0.2) is 23.3 Å². The van der Waals surface area contributed by atoms with Crippen LogP contribution in [0.2, 0.25) is 0 Å². The van der Waals surface area contributed by atoms with Gasteiger partial charge in [0.2, 0.25) is 0 Å². The van der Waals surface area contributed by atoms with E-state index in [1.807, 2.05) is 0 Å². The van der Waals surface area contributed by atoms with E-state index in [-0.39, 0.29) is 39.8 Å². The maximum absolute atomic E-state index is 12.0. The average Bonchev–Trinajstić information content (AvgIpc) is 3.31. The lowest BCUT2D eigenvalue weighted by Gasteiger charge is -2.70. The van der Waals surface area contributed by atoms with E-state index in [0.29, 0.717) is 17.8 Å². The second kappa shape index (κ2) is 11.8. The van der Waals surface area contributed by atoms with Crippen molar-refractivity contribution in [2.75, 3.05) is 6.61 Å². The van der Waals surface area contributed by atoms with Gasteiger partial charge in [0.25, 0.3) is 0 Å². The summed E-state index contributed by atoms with van der Waals surface area (Å²) in [7, 11) is 0. The Hall–Kier alpha value is -0.800. The number of ether oxygens (including phenoxy) is 2. The molecule has 0 unspecified atom stereocenters. The Balaban J connectivity index is 1.38. The standard InChI is InChI=1S/C36H60O7/c1-20(2)10-9-11-21(3)22-12-16-36(8)28(22)23(38)18-26-34(6)15-14-27(33(4,5)25(34)13-17-35(26,36)7)43-32-31(41)30(40)29(39)24(19-37)42-32/h10-11,22-32,37-41H,9,12-19H2,1-8H3/b21-11-/t22-,23-,24-,25+,26-,27+,28+,29-,30+,31-,32-,34+,35-,36-/m1/s1. The molecule has 0 bridgehead atoms. The Morgan fingerprint density at radius 3 is 2.14 bits per heavy atom. The summed E-state index contributed by atoms with van der Waals surface area (Å²) in [6.45, 7) is 18.2. The molecule has 0 aromatic rings. The number of aliphatic hydroxyl groups is 5. The zero-order chi connectivity index (χ0) is 31.7. The number of rotatable bonds is 6. The lowest BCUT2D eigenvalue weighted by atomic mass is 9.35. The van der Waals surface area contributed by atoms with E-state index in [1.54, 1.807) is 0 Å². The van der Waals surface area contributed by atoms with Crippen molar-refractivity contribution in [3.8, 4) is 0 Å². The van der Waals surface area contributed by atoms with Crippen LogP contribution < -0.4 is 0 Å². The Bertz CT molecular complexity index is 1080. The van der Waals surface area contributed by atoms with E-state index in [4.69, 9.17) is 9.47 Å². The minimum atomic E-state index is -1.44. The summed E-state index contributed by atoms with van der Waals surface area (Å²) < 4.78 is 12.2. The van der Waals surface area contributed by atoms with E-state index in [2.05, 4.69) is 67.5 Å². The van der Waals surface area contributed by atoms with Crippen molar-refractivity contribution >= 4 is 0 Å². The van der Waals surface area contributed by atoms with Gasteiger partial charge < -0.3 is 35.0 Å². The zero-order valence-corrected chi connectivity index (χ0v) is 27.9. The van der Waals surface area contributed by atoms with Crippen molar-refractivity contribution in [2.45, 2.75) is 150 Å². The Kier molecular flexibility index (Phi) is 9.19. The number of fused-ring (bicyclic) bond motifs is 5. The van der Waals surface area contributed by atoms with Gasteiger partial charge in [-0.05, 0) is 117 Å². The predicted molar refractivity (Wildman–Crippen MR) is 167 cm³/mol. The lowest BCUT2D eigenvalue weighted by molar-refractivity contribution is -0.331. The van der Waals surface area contributed by atoms with Crippen molar-refractivity contribution in [1.82, 2.24) is 0 Å². The second-order valence-corrected chi connectivity index (χ2v) is 16.6. The van der Waals surface area contributed by atoms with Gasteiger partial charge in [0, 0.05) is 0 Å². The van der Waals surface area contributed by atoms with E-state index in [0.717, 1.165) is 51.4 Å². The van der Waals surface area contributed by atoms with Crippen LogP contribution in [0.5, 0.6) is 0 Å². The van der Waals surface area contributed by atoms with Crippen LogP contribution in [0.25, 0.3) is 0 Å². The molecule has 0 aromatic heterocycles. The number of hydrogen-bond acceptors (Lipinski definition) is 7. The molecule has 7 heteroatoms. The molecule has 1 aliphatic heterocycles. The predicted octanol–water partition coefficient (Wildman–Crippen LogP) is 5.13. The lowest BCUT2D eigenvalue weighted by Crippen LogP contribution is -2.67. The highest BCUT2D eigenvalue weighted by Crippen LogP contribution is 2.75. The smallest absolute Gasteiger partial charge is 0.186 e. The van der Waals surface area contributed by atoms with Crippen molar-refractivity contribution in [1.29, 1.82) is 0 Å². The van der Waals surface area contributed by atoms with Gasteiger partial charge in [0.1, 0.15) is 24.4 Å².